The van der Waals surface area contributed by atoms with E-state index in [1.807, 2.05) is 0 Å². The normalized spacial score (nSPS) is 17.6. The van der Waals surface area contributed by atoms with Gasteiger partial charge in [-0.15, -0.1) is 0 Å². The Bertz CT molecular complexity index is 3260. The second-order valence-electron chi connectivity index (χ2n) is 17.7. The van der Waals surface area contributed by atoms with Gasteiger partial charge in [0.1, 0.15) is 6.17 Å². The van der Waals surface area contributed by atoms with Crippen LogP contribution in [0, 0.1) is 0 Å². The van der Waals surface area contributed by atoms with Crippen LogP contribution in [-0.4, -0.2) is 0 Å². The lowest BCUT2D eigenvalue weighted by Gasteiger charge is -2.44. The molecular weight excluding hydrogens is 751 g/mol. The maximum atomic E-state index is 3.97. The van der Waals surface area contributed by atoms with Gasteiger partial charge < -0.3 is 15.1 Å². The molecule has 2 aliphatic carbocycles. The van der Waals surface area contributed by atoms with Crippen LogP contribution in [0.2, 0.25) is 0 Å². The average molecular weight is 794 g/mol. The highest BCUT2D eigenvalue weighted by Crippen LogP contribution is 2.67. The average Bonchev–Trinajstić information content (AvgIpc) is 3.94. The Balaban J connectivity index is 1.07. The Labute approximate surface area is 363 Å². The molecule has 3 nitrogen and oxygen atoms in total. The van der Waals surface area contributed by atoms with E-state index < -0.39 is 5.41 Å². The number of para-hydroxylation sites is 2. The molecule has 4 aliphatic rings. The summed E-state index contributed by atoms with van der Waals surface area (Å²) in [6, 6.07) is 79.1. The Morgan fingerprint density at radius 3 is 1.85 bits per heavy atom. The lowest BCUT2D eigenvalue weighted by atomic mass is 9.64. The Hall–Kier alpha value is -7.62. The second-order valence-corrected chi connectivity index (χ2v) is 17.7. The molecule has 2 aliphatic heterocycles. The summed E-state index contributed by atoms with van der Waals surface area (Å²) in [6.45, 7) is 4.75. The molecule has 0 aromatic heterocycles. The highest BCUT2D eigenvalue weighted by Gasteiger charge is 2.55. The van der Waals surface area contributed by atoms with Gasteiger partial charge in [-0.1, -0.05) is 184 Å². The van der Waals surface area contributed by atoms with E-state index in [9.17, 15) is 0 Å². The van der Waals surface area contributed by atoms with E-state index in [1.165, 1.54) is 89.4 Å². The second kappa shape index (κ2) is 12.9. The van der Waals surface area contributed by atoms with E-state index in [0.717, 1.165) is 17.1 Å². The fraction of sp³-hybridized carbons (Fsp3) is 0.0847. The van der Waals surface area contributed by atoms with Crippen molar-refractivity contribution in [3.63, 3.8) is 0 Å². The third-order valence-electron chi connectivity index (χ3n) is 14.3. The van der Waals surface area contributed by atoms with Crippen molar-refractivity contribution in [2.24, 2.45) is 0 Å². The van der Waals surface area contributed by atoms with Crippen molar-refractivity contribution < 1.29 is 0 Å². The molecule has 2 atom stereocenters. The van der Waals surface area contributed by atoms with E-state index >= 15 is 0 Å². The van der Waals surface area contributed by atoms with Crippen LogP contribution in [0.15, 0.2) is 212 Å². The number of benzene rings is 9. The molecule has 3 heteroatoms. The number of hydrogen-bond acceptors (Lipinski definition) is 3. The van der Waals surface area contributed by atoms with Crippen molar-refractivity contribution in [1.82, 2.24) is 0 Å². The summed E-state index contributed by atoms with van der Waals surface area (Å²) < 4.78 is 0. The van der Waals surface area contributed by atoms with Gasteiger partial charge in [-0.2, -0.15) is 0 Å². The summed E-state index contributed by atoms with van der Waals surface area (Å²) >= 11 is 0. The largest absolute Gasteiger partial charge is 0.359 e. The van der Waals surface area contributed by atoms with Crippen molar-refractivity contribution in [3.05, 3.63) is 251 Å². The van der Waals surface area contributed by atoms with Gasteiger partial charge >= 0.3 is 0 Å². The SMILES string of the molecule is CC1(C)c2ccccc2-c2ccc(N(c3ccc(-c4ccccc4)cc3)c3cccc4c3-c3ccccc3C43c4ccccc4N4c5c(cccc53)NC4c3ccccc3)cc21. The molecule has 9 aromatic rings. The number of fused-ring (bicyclic) bond motifs is 12. The smallest absolute Gasteiger partial charge is 0.130 e. The number of nitrogens with zero attached hydrogens (tertiary/aromatic N) is 2. The van der Waals surface area contributed by atoms with Gasteiger partial charge in [0.15, 0.2) is 0 Å². The molecule has 1 spiro atoms. The van der Waals surface area contributed by atoms with Crippen LogP contribution >= 0.6 is 0 Å². The molecule has 0 radical (unpaired) electrons. The molecule has 62 heavy (non-hydrogen) atoms. The maximum Gasteiger partial charge on any atom is 0.130 e. The lowest BCUT2D eigenvalue weighted by Crippen LogP contribution is -2.37. The van der Waals surface area contributed by atoms with Crippen LogP contribution < -0.4 is 15.1 Å². The molecule has 2 heterocycles. The summed E-state index contributed by atoms with van der Waals surface area (Å²) in [5.74, 6) is 0. The topological polar surface area (TPSA) is 18.5 Å². The standard InChI is InChI=1S/C59H43N3/c1-58(2)46-23-11-9-21-43(46)44-36-35-42(37-51(44)58)61(41-33-31-39(32-34-41)38-17-5-3-6-18-38)54-30-16-26-49-55(54)45-22-10-12-24-47(45)59(49)48-25-13-14-29-53(48)62-56-50(59)27-15-28-52(56)60-57(62)40-19-7-4-8-20-40/h3-37,57,60H,1-2H3. The van der Waals surface area contributed by atoms with E-state index in [4.69, 9.17) is 0 Å². The molecule has 0 fully saturated rings. The van der Waals surface area contributed by atoms with Gasteiger partial charge in [-0.25, -0.2) is 0 Å². The molecule has 0 amide bonds. The predicted octanol–water partition coefficient (Wildman–Crippen LogP) is 15.1. The van der Waals surface area contributed by atoms with Crippen LogP contribution in [-0.2, 0) is 10.8 Å². The number of hydrogen-bond donors (Lipinski definition) is 1. The number of rotatable bonds is 5. The van der Waals surface area contributed by atoms with E-state index in [0.29, 0.717) is 0 Å². The Morgan fingerprint density at radius 1 is 0.452 bits per heavy atom. The summed E-state index contributed by atoms with van der Waals surface area (Å²) in [5, 5.41) is 3.97. The highest BCUT2D eigenvalue weighted by molar-refractivity contribution is 6.03. The fourth-order valence-electron chi connectivity index (χ4n) is 11.6. The van der Waals surface area contributed by atoms with Crippen LogP contribution in [0.3, 0.4) is 0 Å². The summed E-state index contributed by atoms with van der Waals surface area (Å²) in [4.78, 5) is 5.07. The first-order valence-electron chi connectivity index (χ1n) is 21.8. The zero-order chi connectivity index (χ0) is 41.2. The first-order chi connectivity index (χ1) is 30.5. The molecule has 9 aromatic carbocycles. The Morgan fingerprint density at radius 2 is 1.05 bits per heavy atom. The molecule has 2 unspecified atom stereocenters. The Kier molecular flexibility index (Phi) is 7.34. The summed E-state index contributed by atoms with van der Waals surface area (Å²) in [7, 11) is 0. The first-order valence-corrected chi connectivity index (χ1v) is 21.8. The molecule has 13 rings (SSSR count). The highest BCUT2D eigenvalue weighted by atomic mass is 15.3. The zero-order valence-electron chi connectivity index (χ0n) is 34.7. The van der Waals surface area contributed by atoms with Gasteiger partial charge in [-0.3, -0.25) is 0 Å². The minimum atomic E-state index is -0.558. The van der Waals surface area contributed by atoms with Gasteiger partial charge in [0, 0.05) is 28.0 Å². The summed E-state index contributed by atoms with van der Waals surface area (Å²) in [5.41, 5.74) is 23.2. The lowest BCUT2D eigenvalue weighted by molar-refractivity contribution is 0.660. The monoisotopic (exact) mass is 793 g/mol. The molecular formula is C59H43N3. The minimum Gasteiger partial charge on any atom is -0.359 e. The molecule has 0 saturated heterocycles. The van der Waals surface area contributed by atoms with Crippen molar-refractivity contribution in [3.8, 4) is 33.4 Å². The molecule has 0 saturated carbocycles. The van der Waals surface area contributed by atoms with Crippen molar-refractivity contribution >= 4 is 34.1 Å². The fourth-order valence-corrected chi connectivity index (χ4v) is 11.6. The molecule has 0 bridgehead atoms. The number of anilines is 6. The van der Waals surface area contributed by atoms with Crippen LogP contribution in [0.5, 0.6) is 0 Å². The summed E-state index contributed by atoms with van der Waals surface area (Å²) in [6.07, 6.45) is -0.0298. The van der Waals surface area contributed by atoms with Gasteiger partial charge in [0.25, 0.3) is 0 Å². The van der Waals surface area contributed by atoms with Crippen LogP contribution in [0.4, 0.5) is 34.1 Å². The third-order valence-corrected chi connectivity index (χ3v) is 14.3. The molecule has 294 valence electrons. The maximum absolute atomic E-state index is 3.97. The van der Waals surface area contributed by atoms with E-state index in [2.05, 4.69) is 241 Å². The quantitative estimate of drug-likeness (QED) is 0.187. The predicted molar refractivity (Wildman–Crippen MR) is 256 cm³/mol. The third kappa shape index (κ3) is 4.65. The van der Waals surface area contributed by atoms with E-state index in [-0.39, 0.29) is 11.6 Å². The van der Waals surface area contributed by atoms with Gasteiger partial charge in [-0.05, 0) is 109 Å². The zero-order valence-corrected chi connectivity index (χ0v) is 34.7. The van der Waals surface area contributed by atoms with Crippen molar-refractivity contribution in [1.29, 1.82) is 0 Å². The number of nitrogens with one attached hydrogen (secondary N) is 1. The van der Waals surface area contributed by atoms with Crippen LogP contribution in [0.1, 0.15) is 59.0 Å². The minimum absolute atomic E-state index is 0.0298. The van der Waals surface area contributed by atoms with Gasteiger partial charge in [0.05, 0.1) is 22.5 Å². The molecule has 1 N–H and O–H groups in total. The van der Waals surface area contributed by atoms with Crippen LogP contribution in [0.25, 0.3) is 33.4 Å². The first kappa shape index (κ1) is 35.2. The van der Waals surface area contributed by atoms with E-state index in [1.54, 1.807) is 0 Å². The van der Waals surface area contributed by atoms with Crippen molar-refractivity contribution in [2.75, 3.05) is 15.1 Å². The van der Waals surface area contributed by atoms with Gasteiger partial charge in [0.2, 0.25) is 0 Å². The van der Waals surface area contributed by atoms with Crippen molar-refractivity contribution in [2.45, 2.75) is 30.8 Å².